The van der Waals surface area contributed by atoms with E-state index in [9.17, 15) is 9.90 Å². The molecule has 0 radical (unpaired) electrons. The summed E-state index contributed by atoms with van der Waals surface area (Å²) in [5, 5.41) is 12.1. The molecule has 2 fully saturated rings. The highest BCUT2D eigenvalue weighted by Crippen LogP contribution is 2.49. The van der Waals surface area contributed by atoms with Gasteiger partial charge in [0.05, 0.1) is 12.5 Å². The van der Waals surface area contributed by atoms with E-state index in [4.69, 9.17) is 4.74 Å². The van der Waals surface area contributed by atoms with Gasteiger partial charge in [-0.1, -0.05) is 30.7 Å². The lowest BCUT2D eigenvalue weighted by Crippen LogP contribution is -2.35. The van der Waals surface area contributed by atoms with Crippen molar-refractivity contribution in [3.63, 3.8) is 0 Å². The fourth-order valence-corrected chi connectivity index (χ4v) is 4.68. The molecule has 0 aromatic heterocycles. The van der Waals surface area contributed by atoms with Gasteiger partial charge in [-0.25, -0.2) is 0 Å². The van der Waals surface area contributed by atoms with Crippen molar-refractivity contribution in [2.75, 3.05) is 20.2 Å². The number of carbonyl (C=O) groups is 1. The van der Waals surface area contributed by atoms with E-state index in [2.05, 4.69) is 29.2 Å². The second-order valence-electron chi connectivity index (χ2n) is 7.23. The van der Waals surface area contributed by atoms with Crippen LogP contribution in [0.2, 0.25) is 0 Å². The number of ether oxygens (including phenoxy) is 1. The number of rotatable bonds is 4. The van der Waals surface area contributed by atoms with E-state index in [1.54, 1.807) is 7.11 Å². The zero-order chi connectivity index (χ0) is 16.7. The van der Waals surface area contributed by atoms with Gasteiger partial charge in [0.1, 0.15) is 5.75 Å². The standard InChI is InChI=1S/C20H23NO3/c1-24-18-10-15-6-3-2-5-14(15)9-16(18)11-21-12-17-7-4-8-20(17,13-21)19(22)23/h2-3,5-6,9-10,17H,4,7-8,11-13H2,1H3,(H,22,23)/t17-,20+/m0/s1. The van der Waals surface area contributed by atoms with Crippen molar-refractivity contribution in [2.45, 2.75) is 25.8 Å². The number of likely N-dealkylation sites (tertiary alicyclic amines) is 1. The number of carboxylic acids is 1. The summed E-state index contributed by atoms with van der Waals surface area (Å²) in [6, 6.07) is 12.5. The van der Waals surface area contributed by atoms with Crippen molar-refractivity contribution in [3.8, 4) is 5.75 Å². The summed E-state index contributed by atoms with van der Waals surface area (Å²) in [7, 11) is 1.70. The predicted octanol–water partition coefficient (Wildman–Crippen LogP) is 3.54. The molecular formula is C20H23NO3. The number of hydrogen-bond donors (Lipinski definition) is 1. The van der Waals surface area contributed by atoms with E-state index >= 15 is 0 Å². The SMILES string of the molecule is COc1cc2ccccc2cc1CN1C[C@@H]2CCC[C@@]2(C(=O)O)C1. The summed E-state index contributed by atoms with van der Waals surface area (Å²) < 4.78 is 5.59. The Labute approximate surface area is 142 Å². The lowest BCUT2D eigenvalue weighted by molar-refractivity contribution is -0.149. The smallest absolute Gasteiger partial charge is 0.311 e. The number of aliphatic carboxylic acids is 1. The van der Waals surface area contributed by atoms with Crippen LogP contribution in [0, 0.1) is 11.3 Å². The molecule has 0 spiro atoms. The van der Waals surface area contributed by atoms with E-state index < -0.39 is 11.4 Å². The maximum atomic E-state index is 11.8. The van der Waals surface area contributed by atoms with Crippen LogP contribution in [0.15, 0.2) is 36.4 Å². The average Bonchev–Trinajstić information content (AvgIpc) is 3.12. The summed E-state index contributed by atoms with van der Waals surface area (Å²) in [5.41, 5.74) is 0.612. The molecule has 0 unspecified atom stereocenters. The van der Waals surface area contributed by atoms with Gasteiger partial charge in [-0.3, -0.25) is 9.69 Å². The Kier molecular flexibility index (Phi) is 3.72. The van der Waals surface area contributed by atoms with Gasteiger partial charge in [0.15, 0.2) is 0 Å². The molecule has 0 bridgehead atoms. The Morgan fingerprint density at radius 1 is 1.33 bits per heavy atom. The van der Waals surface area contributed by atoms with Gasteiger partial charge in [0, 0.05) is 25.2 Å². The van der Waals surface area contributed by atoms with Crippen LogP contribution < -0.4 is 4.74 Å². The molecule has 1 aliphatic carbocycles. The molecule has 2 aliphatic rings. The molecule has 1 heterocycles. The highest BCUT2D eigenvalue weighted by atomic mass is 16.5. The number of nitrogens with zero attached hydrogens (tertiary/aromatic N) is 1. The molecule has 24 heavy (non-hydrogen) atoms. The first kappa shape index (κ1) is 15.5. The van der Waals surface area contributed by atoms with Crippen molar-refractivity contribution in [3.05, 3.63) is 42.0 Å². The summed E-state index contributed by atoms with van der Waals surface area (Å²) in [6.45, 7) is 2.28. The molecule has 1 aliphatic heterocycles. The lowest BCUT2D eigenvalue weighted by atomic mass is 9.81. The van der Waals surface area contributed by atoms with Gasteiger partial charge in [0.2, 0.25) is 0 Å². The molecule has 2 aromatic rings. The van der Waals surface area contributed by atoms with E-state index in [1.807, 2.05) is 12.1 Å². The maximum absolute atomic E-state index is 11.8. The van der Waals surface area contributed by atoms with Crippen LogP contribution >= 0.6 is 0 Å². The second-order valence-corrected chi connectivity index (χ2v) is 7.23. The Balaban J connectivity index is 1.62. The third-order valence-corrected chi connectivity index (χ3v) is 5.91. The minimum absolute atomic E-state index is 0.293. The predicted molar refractivity (Wildman–Crippen MR) is 93.2 cm³/mol. The van der Waals surface area contributed by atoms with Gasteiger partial charge >= 0.3 is 5.97 Å². The van der Waals surface area contributed by atoms with Gasteiger partial charge in [-0.05, 0) is 41.7 Å². The fourth-order valence-electron chi connectivity index (χ4n) is 4.68. The Bertz CT molecular complexity index is 788. The molecule has 2 atom stereocenters. The molecule has 0 amide bonds. The summed E-state index contributed by atoms with van der Waals surface area (Å²) >= 11 is 0. The minimum atomic E-state index is -0.613. The largest absolute Gasteiger partial charge is 0.496 e. The van der Waals surface area contributed by atoms with Crippen LogP contribution in [0.1, 0.15) is 24.8 Å². The average molecular weight is 325 g/mol. The van der Waals surface area contributed by atoms with Crippen LogP contribution in [-0.4, -0.2) is 36.2 Å². The topological polar surface area (TPSA) is 49.8 Å². The highest BCUT2D eigenvalue weighted by Gasteiger charge is 2.54. The van der Waals surface area contributed by atoms with Gasteiger partial charge in [-0.15, -0.1) is 0 Å². The first-order valence-electron chi connectivity index (χ1n) is 8.64. The second kappa shape index (κ2) is 5.78. The number of carboxylic acid groups (broad SMARTS) is 1. The van der Waals surface area contributed by atoms with Crippen molar-refractivity contribution in [1.29, 1.82) is 0 Å². The van der Waals surface area contributed by atoms with Crippen molar-refractivity contribution >= 4 is 16.7 Å². The van der Waals surface area contributed by atoms with Gasteiger partial charge < -0.3 is 9.84 Å². The molecule has 126 valence electrons. The zero-order valence-corrected chi connectivity index (χ0v) is 14.0. The molecule has 1 N–H and O–H groups in total. The molecule has 4 heteroatoms. The van der Waals surface area contributed by atoms with Crippen LogP contribution in [0.4, 0.5) is 0 Å². The normalized spacial score (nSPS) is 26.6. The van der Waals surface area contributed by atoms with Crippen molar-refractivity contribution < 1.29 is 14.6 Å². The lowest BCUT2D eigenvalue weighted by Gasteiger charge is -2.24. The summed E-state index contributed by atoms with van der Waals surface area (Å²) in [4.78, 5) is 14.1. The van der Waals surface area contributed by atoms with E-state index in [0.29, 0.717) is 12.5 Å². The monoisotopic (exact) mass is 325 g/mol. The third-order valence-electron chi connectivity index (χ3n) is 5.91. The van der Waals surface area contributed by atoms with Crippen molar-refractivity contribution in [2.24, 2.45) is 11.3 Å². The quantitative estimate of drug-likeness (QED) is 0.934. The summed E-state index contributed by atoms with van der Waals surface area (Å²) in [6.07, 6.45) is 2.90. The Hall–Kier alpha value is -2.07. The Morgan fingerprint density at radius 3 is 2.75 bits per heavy atom. The zero-order valence-electron chi connectivity index (χ0n) is 14.0. The van der Waals surface area contributed by atoms with Gasteiger partial charge in [0.25, 0.3) is 0 Å². The number of fused-ring (bicyclic) bond motifs is 2. The molecule has 1 saturated carbocycles. The van der Waals surface area contributed by atoms with Crippen molar-refractivity contribution in [1.82, 2.24) is 4.90 Å². The Morgan fingerprint density at radius 2 is 2.08 bits per heavy atom. The van der Waals surface area contributed by atoms with Crippen LogP contribution in [0.5, 0.6) is 5.75 Å². The van der Waals surface area contributed by atoms with Gasteiger partial charge in [-0.2, -0.15) is 0 Å². The molecule has 2 aromatic carbocycles. The fraction of sp³-hybridized carbons (Fsp3) is 0.450. The number of benzene rings is 2. The molecule has 4 rings (SSSR count). The van der Waals surface area contributed by atoms with Crippen LogP contribution in [0.3, 0.4) is 0 Å². The maximum Gasteiger partial charge on any atom is 0.311 e. The van der Waals surface area contributed by atoms with Crippen LogP contribution in [-0.2, 0) is 11.3 Å². The highest BCUT2D eigenvalue weighted by molar-refractivity contribution is 5.85. The van der Waals surface area contributed by atoms with E-state index in [1.165, 1.54) is 10.8 Å². The summed E-state index contributed by atoms with van der Waals surface area (Å²) in [5.74, 6) is 0.564. The first-order chi connectivity index (χ1) is 11.6. The third kappa shape index (κ3) is 2.37. The number of methoxy groups -OCH3 is 1. The first-order valence-corrected chi connectivity index (χ1v) is 8.64. The molecular weight excluding hydrogens is 302 g/mol. The number of hydrogen-bond acceptors (Lipinski definition) is 3. The minimum Gasteiger partial charge on any atom is -0.496 e. The van der Waals surface area contributed by atoms with E-state index in [0.717, 1.165) is 43.7 Å². The molecule has 1 saturated heterocycles. The van der Waals surface area contributed by atoms with Crippen LogP contribution in [0.25, 0.3) is 10.8 Å². The molecule has 4 nitrogen and oxygen atoms in total. The van der Waals surface area contributed by atoms with E-state index in [-0.39, 0.29) is 0 Å².